The summed E-state index contributed by atoms with van der Waals surface area (Å²) in [5.41, 5.74) is 1.15. The van der Waals surface area contributed by atoms with Gasteiger partial charge in [-0.15, -0.1) is 0 Å². The molecule has 3 aromatic heterocycles. The summed E-state index contributed by atoms with van der Waals surface area (Å²) in [6, 6.07) is 21.4. The van der Waals surface area contributed by atoms with Gasteiger partial charge in [0.25, 0.3) is 0 Å². The number of hydrogen-bond acceptors (Lipinski definition) is 6. The van der Waals surface area contributed by atoms with Gasteiger partial charge in [-0.2, -0.15) is 26.3 Å². The predicted octanol–water partition coefficient (Wildman–Crippen LogP) is 9.97. The fraction of sp³-hybridized carbons (Fsp3) is 0.0645. The van der Waals surface area contributed by atoms with Gasteiger partial charge >= 0.3 is 12.4 Å². The largest absolute Gasteiger partial charge is 0.437 e. The minimum absolute atomic E-state index is 0.235. The number of rotatable bonds is 4. The third-order valence-corrected chi connectivity index (χ3v) is 6.57. The molecule has 6 nitrogen and oxygen atoms in total. The molecule has 0 aliphatic rings. The van der Waals surface area contributed by atoms with Crippen LogP contribution in [-0.4, -0.2) is 24.9 Å². The molecule has 6 rings (SSSR count). The molecule has 0 fully saturated rings. The second-order valence-electron chi connectivity index (χ2n) is 9.18. The average Bonchev–Trinajstić information content (AvgIpc) is 3.01. The van der Waals surface area contributed by atoms with Crippen molar-refractivity contribution in [3.63, 3.8) is 0 Å². The summed E-state index contributed by atoms with van der Waals surface area (Å²) in [6.07, 6.45) is -6.17. The van der Waals surface area contributed by atoms with E-state index in [-0.39, 0.29) is 11.0 Å². The highest BCUT2D eigenvalue weighted by Gasteiger charge is 2.30. The Morgan fingerprint density at radius 1 is 0.556 bits per heavy atom. The maximum atomic E-state index is 12.7. The number of halogens is 8. The molecule has 0 spiro atoms. The minimum atomic E-state index is -4.39. The Morgan fingerprint density at radius 2 is 1.11 bits per heavy atom. The van der Waals surface area contributed by atoms with E-state index < -0.39 is 23.5 Å². The van der Waals surface area contributed by atoms with Gasteiger partial charge in [0.05, 0.1) is 22.5 Å². The zero-order valence-corrected chi connectivity index (χ0v) is 24.0. The zero-order chi connectivity index (χ0) is 32.2. The maximum absolute atomic E-state index is 12.7. The molecule has 14 heteroatoms. The van der Waals surface area contributed by atoms with Crippen LogP contribution in [0.1, 0.15) is 11.1 Å². The van der Waals surface area contributed by atoms with E-state index in [1.165, 1.54) is 43.0 Å². The van der Waals surface area contributed by atoms with Gasteiger partial charge in [0, 0.05) is 28.6 Å². The molecule has 0 aliphatic heterocycles. The van der Waals surface area contributed by atoms with Crippen LogP contribution in [0.4, 0.5) is 26.3 Å². The highest BCUT2D eigenvalue weighted by Crippen LogP contribution is 2.33. The molecule has 0 atom stereocenters. The lowest BCUT2D eigenvalue weighted by atomic mass is 10.1. The highest BCUT2D eigenvalue weighted by atomic mass is 35.5. The van der Waals surface area contributed by atoms with Crippen LogP contribution in [0.25, 0.3) is 33.4 Å². The lowest BCUT2D eigenvalue weighted by Crippen LogP contribution is -2.04. The van der Waals surface area contributed by atoms with E-state index >= 15 is 0 Å². The molecule has 0 N–H and O–H groups in total. The lowest BCUT2D eigenvalue weighted by Gasteiger charge is -2.10. The van der Waals surface area contributed by atoms with Crippen LogP contribution in [0.15, 0.2) is 104 Å². The van der Waals surface area contributed by atoms with E-state index in [4.69, 9.17) is 27.9 Å². The molecule has 228 valence electrons. The van der Waals surface area contributed by atoms with Gasteiger partial charge < -0.3 is 4.74 Å². The van der Waals surface area contributed by atoms with Crippen LogP contribution < -0.4 is 4.74 Å². The van der Waals surface area contributed by atoms with E-state index in [0.717, 1.165) is 29.7 Å². The zero-order valence-electron chi connectivity index (χ0n) is 22.5. The van der Waals surface area contributed by atoms with Crippen LogP contribution in [0.3, 0.4) is 0 Å². The van der Waals surface area contributed by atoms with Crippen LogP contribution >= 0.6 is 23.2 Å². The van der Waals surface area contributed by atoms with Crippen molar-refractivity contribution in [2.24, 2.45) is 0 Å². The van der Waals surface area contributed by atoms with Gasteiger partial charge in [0.1, 0.15) is 28.5 Å². The van der Waals surface area contributed by atoms with Crippen LogP contribution in [0.5, 0.6) is 11.6 Å². The number of pyridine rings is 1. The van der Waals surface area contributed by atoms with Crippen LogP contribution in [0, 0.1) is 0 Å². The Bertz CT molecular complexity index is 1940. The molecular formula is C31H17Cl2F6N5O. The van der Waals surface area contributed by atoms with E-state index in [9.17, 15) is 26.3 Å². The monoisotopic (exact) mass is 659 g/mol. The number of hydrogen-bond donors (Lipinski definition) is 0. The first kappa shape index (κ1) is 31.6. The van der Waals surface area contributed by atoms with Crippen molar-refractivity contribution in [3.05, 3.63) is 125 Å². The molecule has 6 aromatic rings. The van der Waals surface area contributed by atoms with Crippen molar-refractivity contribution < 1.29 is 31.1 Å². The maximum Gasteiger partial charge on any atom is 0.416 e. The van der Waals surface area contributed by atoms with E-state index in [0.29, 0.717) is 38.9 Å². The smallest absolute Gasteiger partial charge is 0.416 e. The molecule has 0 amide bonds. The Hall–Kier alpha value is -4.81. The number of nitrogens with zero attached hydrogens (tertiary/aromatic N) is 5. The third kappa shape index (κ3) is 8.02. The second-order valence-corrected chi connectivity index (χ2v) is 9.96. The van der Waals surface area contributed by atoms with Gasteiger partial charge in [-0.3, -0.25) is 0 Å². The first-order valence-corrected chi connectivity index (χ1v) is 13.5. The van der Waals surface area contributed by atoms with Gasteiger partial charge in [-0.25, -0.2) is 24.9 Å². The number of alkyl halides is 6. The molecule has 3 aromatic carbocycles. The molecule has 0 saturated heterocycles. The fourth-order valence-corrected chi connectivity index (χ4v) is 4.29. The number of fused-ring (bicyclic) bond motifs is 1. The van der Waals surface area contributed by atoms with Crippen LogP contribution in [-0.2, 0) is 12.4 Å². The molecule has 3 heterocycles. The van der Waals surface area contributed by atoms with Crippen molar-refractivity contribution >= 4 is 34.1 Å². The first-order chi connectivity index (χ1) is 21.4. The number of aromatic nitrogens is 5. The molecule has 0 saturated carbocycles. The quantitative estimate of drug-likeness (QED) is 0.107. The second kappa shape index (κ2) is 13.0. The first-order valence-electron chi connectivity index (χ1n) is 12.7. The predicted molar refractivity (Wildman–Crippen MR) is 157 cm³/mol. The Balaban J connectivity index is 0.000000201. The Kier molecular flexibility index (Phi) is 9.16. The van der Waals surface area contributed by atoms with Gasteiger partial charge in [0.15, 0.2) is 5.75 Å². The summed E-state index contributed by atoms with van der Waals surface area (Å²) >= 11 is 11.6. The summed E-state index contributed by atoms with van der Waals surface area (Å²) in [5.74, 6) is 0.691. The molecule has 45 heavy (non-hydrogen) atoms. The van der Waals surface area contributed by atoms with Gasteiger partial charge in [-0.05, 0) is 42.5 Å². The van der Waals surface area contributed by atoms with Gasteiger partial charge in [-0.1, -0.05) is 59.6 Å². The third-order valence-electron chi connectivity index (χ3n) is 6.16. The van der Waals surface area contributed by atoms with Crippen LogP contribution in [0.2, 0.25) is 10.3 Å². The highest BCUT2D eigenvalue weighted by molar-refractivity contribution is 6.30. The summed E-state index contributed by atoms with van der Waals surface area (Å²) in [4.78, 5) is 20.1. The Morgan fingerprint density at radius 3 is 1.67 bits per heavy atom. The fourth-order valence-electron chi connectivity index (χ4n) is 4.00. The topological polar surface area (TPSA) is 73.7 Å². The van der Waals surface area contributed by atoms with Crippen molar-refractivity contribution in [1.82, 2.24) is 24.9 Å². The summed E-state index contributed by atoms with van der Waals surface area (Å²) in [6.45, 7) is 0. The molecule has 0 aliphatic carbocycles. The van der Waals surface area contributed by atoms with Crippen molar-refractivity contribution in [3.8, 4) is 34.1 Å². The van der Waals surface area contributed by atoms with Crippen molar-refractivity contribution in [1.29, 1.82) is 0 Å². The molecule has 0 bridgehead atoms. The van der Waals surface area contributed by atoms with E-state index in [1.807, 2.05) is 18.2 Å². The van der Waals surface area contributed by atoms with Gasteiger partial charge in [0.2, 0.25) is 5.88 Å². The van der Waals surface area contributed by atoms with E-state index in [2.05, 4.69) is 24.9 Å². The summed E-state index contributed by atoms with van der Waals surface area (Å²) in [5, 5.41) is 1.42. The minimum Gasteiger partial charge on any atom is -0.437 e. The van der Waals surface area contributed by atoms with E-state index in [1.54, 1.807) is 18.2 Å². The lowest BCUT2D eigenvalue weighted by molar-refractivity contribution is -0.138. The normalized spacial score (nSPS) is 11.6. The number of ether oxygens (including phenoxy) is 1. The average molecular weight is 660 g/mol. The van der Waals surface area contributed by atoms with Crippen molar-refractivity contribution in [2.75, 3.05) is 0 Å². The summed E-state index contributed by atoms with van der Waals surface area (Å²) < 4.78 is 81.0. The molecule has 0 unspecified atom stereocenters. The van der Waals surface area contributed by atoms with Crippen molar-refractivity contribution in [2.45, 2.75) is 12.4 Å². The Labute approximate surface area is 261 Å². The standard InChI is InChI=1S/C20H11ClF3N3O.C11H6ClF3N2/c21-17-9-6-13-2-1-3-16(19(13)27-17)28-18-10-15(25-11-26-18)12-4-7-14(8-5-12)20(22,23)24;12-10-5-9(16-6-17-10)7-1-3-8(4-2-7)11(13,14)15/h1-11H;1-6H. The SMILES string of the molecule is FC(F)(F)c1ccc(-c2cc(Cl)ncn2)cc1.FC(F)(F)c1ccc(-c2cc(Oc3cccc4ccc(Cl)nc34)ncn2)cc1. The molecule has 0 radical (unpaired) electrons. The number of para-hydroxylation sites is 1. The number of benzene rings is 3. The summed E-state index contributed by atoms with van der Waals surface area (Å²) in [7, 11) is 0. The molecular weight excluding hydrogens is 643 g/mol.